The van der Waals surface area contributed by atoms with Crippen molar-refractivity contribution in [3.63, 3.8) is 0 Å². The van der Waals surface area contributed by atoms with Crippen molar-refractivity contribution in [3.8, 4) is 11.5 Å². The molecule has 0 spiro atoms. The van der Waals surface area contributed by atoms with Crippen molar-refractivity contribution in [1.29, 1.82) is 0 Å². The summed E-state index contributed by atoms with van der Waals surface area (Å²) in [5.41, 5.74) is -1.69. The van der Waals surface area contributed by atoms with E-state index in [2.05, 4.69) is 0 Å². The van der Waals surface area contributed by atoms with Crippen LogP contribution < -0.4 is 61.6 Å². The third-order valence-corrected chi connectivity index (χ3v) is 2.66. The average molecular weight is 344 g/mol. The standard InChI is InChI=1S/C13H8BF6O.K/c15-13(16,17)9-2-1-3-12(8-9)21-11-6-4-10(5-7-11)14(18,19)20;/h1-8H;/q-1;+1. The van der Waals surface area contributed by atoms with E-state index in [9.17, 15) is 26.1 Å². The SMILES string of the molecule is F[B-](F)(F)c1ccc(Oc2cccc(C(F)(F)F)c2)cc1.[K+]. The molecular weight excluding hydrogens is 336 g/mol. The summed E-state index contributed by atoms with van der Waals surface area (Å²) >= 11 is 0. The summed E-state index contributed by atoms with van der Waals surface area (Å²) in [6.07, 6.45) is -4.51. The molecule has 2 aromatic carbocycles. The fourth-order valence-electron chi connectivity index (χ4n) is 1.63. The van der Waals surface area contributed by atoms with E-state index in [1.807, 2.05) is 0 Å². The van der Waals surface area contributed by atoms with Gasteiger partial charge in [0.15, 0.2) is 0 Å². The fourth-order valence-corrected chi connectivity index (χ4v) is 1.63. The third-order valence-electron chi connectivity index (χ3n) is 2.66. The van der Waals surface area contributed by atoms with Gasteiger partial charge in [0.2, 0.25) is 0 Å². The number of hydrogen-bond acceptors (Lipinski definition) is 1. The van der Waals surface area contributed by atoms with Crippen LogP contribution in [0.5, 0.6) is 11.5 Å². The van der Waals surface area contributed by atoms with Crippen molar-refractivity contribution < 1.29 is 82.2 Å². The van der Waals surface area contributed by atoms with Crippen molar-refractivity contribution in [3.05, 3.63) is 54.1 Å². The molecule has 0 saturated heterocycles. The van der Waals surface area contributed by atoms with Gasteiger partial charge in [0, 0.05) is 0 Å². The Balaban J connectivity index is 0.00000242. The average Bonchev–Trinajstić information content (AvgIpc) is 2.37. The minimum absolute atomic E-state index is 0. The van der Waals surface area contributed by atoms with Crippen molar-refractivity contribution >= 4 is 12.4 Å². The van der Waals surface area contributed by atoms with Crippen LogP contribution >= 0.6 is 0 Å². The van der Waals surface area contributed by atoms with Crippen LogP contribution in [-0.4, -0.2) is 6.98 Å². The third kappa shape index (κ3) is 5.31. The van der Waals surface area contributed by atoms with Crippen LogP contribution in [0.15, 0.2) is 48.5 Å². The van der Waals surface area contributed by atoms with Crippen molar-refractivity contribution in [2.75, 3.05) is 0 Å². The van der Waals surface area contributed by atoms with E-state index in [1.165, 1.54) is 6.07 Å². The molecule has 0 fully saturated rings. The molecule has 2 rings (SSSR count). The van der Waals surface area contributed by atoms with E-state index in [-0.39, 0.29) is 62.9 Å². The van der Waals surface area contributed by atoms with Gasteiger partial charge in [-0.25, -0.2) is 0 Å². The Kier molecular flexibility index (Phi) is 6.58. The van der Waals surface area contributed by atoms with E-state index in [4.69, 9.17) is 4.74 Å². The normalized spacial score (nSPS) is 11.7. The molecule has 0 aliphatic carbocycles. The second kappa shape index (κ2) is 7.39. The molecule has 0 aromatic heterocycles. The molecule has 0 unspecified atom stereocenters. The predicted molar refractivity (Wildman–Crippen MR) is 66.7 cm³/mol. The zero-order chi connectivity index (χ0) is 15.7. The fraction of sp³-hybridized carbons (Fsp3) is 0.0769. The number of benzene rings is 2. The molecule has 0 heterocycles. The summed E-state index contributed by atoms with van der Waals surface area (Å²) in [5, 5.41) is 0. The van der Waals surface area contributed by atoms with E-state index in [0.29, 0.717) is 0 Å². The van der Waals surface area contributed by atoms with Crippen LogP contribution in [0, 0.1) is 0 Å². The molecule has 0 N–H and O–H groups in total. The first-order valence-electron chi connectivity index (χ1n) is 5.81. The maximum Gasteiger partial charge on any atom is 1.00 e. The first-order chi connectivity index (χ1) is 9.66. The quantitative estimate of drug-likeness (QED) is 0.607. The molecule has 0 aliphatic rings. The smallest absolute Gasteiger partial charge is 0.457 e. The Morgan fingerprint density at radius 2 is 1.41 bits per heavy atom. The molecule has 0 bridgehead atoms. The minimum Gasteiger partial charge on any atom is -0.457 e. The largest absolute Gasteiger partial charge is 1.00 e. The van der Waals surface area contributed by atoms with Crippen LogP contribution in [-0.2, 0) is 6.18 Å². The molecule has 0 atom stereocenters. The Hall–Kier alpha value is -0.479. The number of ether oxygens (including phenoxy) is 1. The first-order valence-corrected chi connectivity index (χ1v) is 5.81. The second-order valence-corrected chi connectivity index (χ2v) is 4.27. The van der Waals surface area contributed by atoms with Gasteiger partial charge in [0.05, 0.1) is 5.56 Å². The van der Waals surface area contributed by atoms with Crippen LogP contribution in [0.1, 0.15) is 5.56 Å². The minimum atomic E-state index is -5.11. The summed E-state index contributed by atoms with van der Waals surface area (Å²) in [7, 11) is 0. The van der Waals surface area contributed by atoms with Crippen LogP contribution in [0.3, 0.4) is 0 Å². The van der Waals surface area contributed by atoms with Crippen molar-refractivity contribution in [2.45, 2.75) is 6.18 Å². The second-order valence-electron chi connectivity index (χ2n) is 4.27. The van der Waals surface area contributed by atoms with Crippen LogP contribution in [0.4, 0.5) is 26.1 Å². The van der Waals surface area contributed by atoms with Crippen LogP contribution in [0.2, 0.25) is 0 Å². The number of halogens is 6. The Labute approximate surface area is 165 Å². The molecule has 112 valence electrons. The summed E-state index contributed by atoms with van der Waals surface area (Å²) in [5.74, 6) is -0.0757. The van der Waals surface area contributed by atoms with E-state index < -0.39 is 24.2 Å². The molecule has 0 saturated carbocycles. The number of rotatable bonds is 3. The van der Waals surface area contributed by atoms with Gasteiger partial charge in [-0.3, -0.25) is 0 Å². The number of alkyl halides is 3. The summed E-state index contributed by atoms with van der Waals surface area (Å²) in [6, 6.07) is 7.87. The van der Waals surface area contributed by atoms with Gasteiger partial charge in [0.1, 0.15) is 11.5 Å². The molecule has 0 amide bonds. The Bertz CT molecular complexity index is 624. The summed E-state index contributed by atoms with van der Waals surface area (Å²) < 4.78 is 79.9. The van der Waals surface area contributed by atoms with Gasteiger partial charge in [-0.1, -0.05) is 18.2 Å². The number of hydrogen-bond donors (Lipinski definition) is 0. The predicted octanol–water partition coefficient (Wildman–Crippen LogP) is 1.56. The van der Waals surface area contributed by atoms with Gasteiger partial charge >= 0.3 is 64.5 Å². The maximum atomic E-state index is 12.5. The zero-order valence-corrected chi connectivity index (χ0v) is 14.5. The molecule has 2 aromatic rings. The zero-order valence-electron chi connectivity index (χ0n) is 11.4. The maximum absolute atomic E-state index is 12.5. The molecule has 9 heteroatoms. The summed E-state index contributed by atoms with van der Waals surface area (Å²) in [4.78, 5) is 0. The van der Waals surface area contributed by atoms with Crippen molar-refractivity contribution in [2.24, 2.45) is 0 Å². The molecule has 1 nitrogen and oxygen atoms in total. The van der Waals surface area contributed by atoms with Gasteiger partial charge in [-0.05, 0) is 30.3 Å². The van der Waals surface area contributed by atoms with E-state index >= 15 is 0 Å². The van der Waals surface area contributed by atoms with Gasteiger partial charge in [-0.2, -0.15) is 13.2 Å². The topological polar surface area (TPSA) is 9.23 Å². The van der Waals surface area contributed by atoms with Crippen LogP contribution in [0.25, 0.3) is 0 Å². The van der Waals surface area contributed by atoms with Gasteiger partial charge in [-0.15, -0.1) is 5.46 Å². The van der Waals surface area contributed by atoms with Gasteiger partial charge < -0.3 is 17.7 Å². The van der Waals surface area contributed by atoms with E-state index in [0.717, 1.165) is 42.5 Å². The monoisotopic (exact) mass is 344 g/mol. The molecular formula is C13H8BF6KO. The molecule has 0 aliphatic heterocycles. The summed E-state index contributed by atoms with van der Waals surface area (Å²) in [6.45, 7) is -5.11. The Morgan fingerprint density at radius 3 is 1.91 bits per heavy atom. The molecule has 0 radical (unpaired) electrons. The Morgan fingerprint density at radius 1 is 0.818 bits per heavy atom. The van der Waals surface area contributed by atoms with Gasteiger partial charge in [0.25, 0.3) is 0 Å². The van der Waals surface area contributed by atoms with E-state index in [1.54, 1.807) is 0 Å². The van der Waals surface area contributed by atoms with Crippen molar-refractivity contribution in [1.82, 2.24) is 0 Å². The molecule has 22 heavy (non-hydrogen) atoms. The first kappa shape index (κ1) is 19.6.